The first-order valence-electron chi connectivity index (χ1n) is 4.93. The Hall–Kier alpha value is -0.970. The summed E-state index contributed by atoms with van der Waals surface area (Å²) in [5.74, 6) is 6.26. The number of rotatable bonds is 5. The third-order valence-electron chi connectivity index (χ3n) is 1.97. The van der Waals surface area contributed by atoms with Crippen molar-refractivity contribution in [3.63, 3.8) is 0 Å². The molecular weight excluding hydrogens is 230 g/mol. The molecule has 0 aliphatic rings. The Labute approximate surface area is 100 Å². The van der Waals surface area contributed by atoms with E-state index in [9.17, 15) is 0 Å². The van der Waals surface area contributed by atoms with E-state index in [1.165, 1.54) is 0 Å². The van der Waals surface area contributed by atoms with Crippen molar-refractivity contribution >= 4 is 11.6 Å². The van der Waals surface area contributed by atoms with E-state index in [4.69, 9.17) is 27.0 Å². The zero-order chi connectivity index (χ0) is 12.1. The van der Waals surface area contributed by atoms with Crippen LogP contribution in [0.5, 0.6) is 11.5 Å². The lowest BCUT2D eigenvalue weighted by molar-refractivity contribution is 0.119. The Bertz CT molecular complexity index is 355. The molecular formula is C11H16ClNO3. The summed E-state index contributed by atoms with van der Waals surface area (Å²) in [6, 6.07) is 3.47. The van der Waals surface area contributed by atoms with Crippen molar-refractivity contribution in [1.82, 2.24) is 0 Å². The van der Waals surface area contributed by atoms with Crippen LogP contribution in [0.4, 0.5) is 0 Å². The highest BCUT2D eigenvalue weighted by molar-refractivity contribution is 6.31. The maximum Gasteiger partial charge on any atom is 0.168 e. The molecule has 0 saturated heterocycles. The fraction of sp³-hybridized carbons (Fsp3) is 0.455. The minimum absolute atomic E-state index is 0.0175. The molecule has 0 aliphatic carbocycles. The van der Waals surface area contributed by atoms with Crippen LogP contribution in [-0.4, -0.2) is 13.2 Å². The van der Waals surface area contributed by atoms with E-state index in [2.05, 4.69) is 4.84 Å². The average molecular weight is 246 g/mol. The number of nitrogens with two attached hydrogens (primary N) is 1. The van der Waals surface area contributed by atoms with E-state index in [1.54, 1.807) is 19.2 Å². The first kappa shape index (κ1) is 13.1. The van der Waals surface area contributed by atoms with Gasteiger partial charge in [-0.2, -0.15) is 0 Å². The molecule has 2 N–H and O–H groups in total. The second-order valence-corrected chi connectivity index (χ2v) is 3.94. The van der Waals surface area contributed by atoms with Crippen molar-refractivity contribution < 1.29 is 14.3 Å². The molecule has 90 valence electrons. The predicted octanol–water partition coefficient (Wildman–Crippen LogP) is 2.53. The van der Waals surface area contributed by atoms with Gasteiger partial charge in [-0.1, -0.05) is 11.6 Å². The van der Waals surface area contributed by atoms with E-state index in [-0.39, 0.29) is 12.7 Å². The quantitative estimate of drug-likeness (QED) is 0.810. The second-order valence-electron chi connectivity index (χ2n) is 3.53. The molecule has 0 saturated carbocycles. The van der Waals surface area contributed by atoms with Crippen LogP contribution in [0.2, 0.25) is 5.02 Å². The zero-order valence-corrected chi connectivity index (χ0v) is 10.4. The van der Waals surface area contributed by atoms with Gasteiger partial charge in [0.05, 0.1) is 24.8 Å². The fourth-order valence-electron chi connectivity index (χ4n) is 1.33. The largest absolute Gasteiger partial charge is 0.493 e. The molecule has 0 atom stereocenters. The molecule has 0 heterocycles. The van der Waals surface area contributed by atoms with Crippen molar-refractivity contribution in [3.8, 4) is 11.5 Å². The van der Waals surface area contributed by atoms with E-state index >= 15 is 0 Å². The minimum Gasteiger partial charge on any atom is -0.493 e. The Balaban J connectivity index is 3.18. The van der Waals surface area contributed by atoms with Crippen LogP contribution in [0.25, 0.3) is 0 Å². The van der Waals surface area contributed by atoms with Crippen LogP contribution in [0.15, 0.2) is 12.1 Å². The molecule has 0 spiro atoms. The molecule has 0 radical (unpaired) electrons. The van der Waals surface area contributed by atoms with Crippen LogP contribution in [0, 0.1) is 0 Å². The Morgan fingerprint density at radius 1 is 1.38 bits per heavy atom. The lowest BCUT2D eigenvalue weighted by atomic mass is 10.2. The first-order valence-corrected chi connectivity index (χ1v) is 5.31. The van der Waals surface area contributed by atoms with Gasteiger partial charge in [0.2, 0.25) is 0 Å². The van der Waals surface area contributed by atoms with Crippen molar-refractivity contribution in [2.75, 3.05) is 7.11 Å². The highest BCUT2D eigenvalue weighted by atomic mass is 35.5. The standard InChI is InChI=1S/C11H16ClNO3/c1-7(2)16-11-8(6-15-13)9(12)4-5-10(11)14-3/h4-5,7H,6,13H2,1-3H3. The minimum atomic E-state index is 0.0175. The maximum atomic E-state index is 6.05. The van der Waals surface area contributed by atoms with Gasteiger partial charge in [0, 0.05) is 5.56 Å². The molecule has 0 aromatic heterocycles. The van der Waals surface area contributed by atoms with Crippen LogP contribution in [0.3, 0.4) is 0 Å². The lowest BCUT2D eigenvalue weighted by Crippen LogP contribution is -2.10. The molecule has 0 bridgehead atoms. The molecule has 1 rings (SSSR count). The zero-order valence-electron chi connectivity index (χ0n) is 9.62. The third kappa shape index (κ3) is 3.01. The van der Waals surface area contributed by atoms with Crippen molar-refractivity contribution in [2.45, 2.75) is 26.6 Å². The molecule has 0 aliphatic heterocycles. The second kappa shape index (κ2) is 5.94. The summed E-state index contributed by atoms with van der Waals surface area (Å²) in [6.07, 6.45) is 0.0175. The van der Waals surface area contributed by atoms with E-state index in [0.29, 0.717) is 22.1 Å². The van der Waals surface area contributed by atoms with Gasteiger partial charge in [0.1, 0.15) is 0 Å². The average Bonchev–Trinajstić information content (AvgIpc) is 2.23. The number of hydrogen-bond acceptors (Lipinski definition) is 4. The summed E-state index contributed by atoms with van der Waals surface area (Å²) in [5, 5.41) is 0.543. The Morgan fingerprint density at radius 3 is 2.56 bits per heavy atom. The van der Waals surface area contributed by atoms with Crippen molar-refractivity contribution in [2.24, 2.45) is 5.90 Å². The van der Waals surface area contributed by atoms with Gasteiger partial charge in [-0.15, -0.1) is 0 Å². The highest BCUT2D eigenvalue weighted by Crippen LogP contribution is 2.37. The molecule has 1 aromatic carbocycles. The smallest absolute Gasteiger partial charge is 0.168 e. The van der Waals surface area contributed by atoms with Crippen molar-refractivity contribution in [1.29, 1.82) is 0 Å². The van der Waals surface area contributed by atoms with Gasteiger partial charge in [-0.05, 0) is 26.0 Å². The van der Waals surface area contributed by atoms with Gasteiger partial charge in [-0.3, -0.25) is 4.84 Å². The fourth-order valence-corrected chi connectivity index (χ4v) is 1.53. The van der Waals surface area contributed by atoms with Crippen LogP contribution >= 0.6 is 11.6 Å². The number of halogens is 1. The van der Waals surface area contributed by atoms with E-state index in [0.717, 1.165) is 0 Å². The van der Waals surface area contributed by atoms with E-state index in [1.807, 2.05) is 13.8 Å². The van der Waals surface area contributed by atoms with Crippen LogP contribution in [-0.2, 0) is 11.4 Å². The molecule has 0 fully saturated rings. The SMILES string of the molecule is COc1ccc(Cl)c(CON)c1OC(C)C. The van der Waals surface area contributed by atoms with E-state index < -0.39 is 0 Å². The number of ether oxygens (including phenoxy) is 2. The summed E-state index contributed by atoms with van der Waals surface area (Å²) >= 11 is 6.05. The first-order chi connectivity index (χ1) is 7.60. The number of benzene rings is 1. The topological polar surface area (TPSA) is 53.7 Å². The lowest BCUT2D eigenvalue weighted by Gasteiger charge is -2.17. The van der Waals surface area contributed by atoms with Gasteiger partial charge in [0.25, 0.3) is 0 Å². The molecule has 0 unspecified atom stereocenters. The Kier molecular flexibility index (Phi) is 4.86. The summed E-state index contributed by atoms with van der Waals surface area (Å²) in [7, 11) is 1.57. The molecule has 0 amide bonds. The predicted molar refractivity (Wildman–Crippen MR) is 62.7 cm³/mol. The van der Waals surface area contributed by atoms with Gasteiger partial charge >= 0.3 is 0 Å². The maximum absolute atomic E-state index is 6.05. The summed E-state index contributed by atoms with van der Waals surface area (Å²) < 4.78 is 10.9. The molecule has 1 aromatic rings. The molecule has 16 heavy (non-hydrogen) atoms. The number of methoxy groups -OCH3 is 1. The number of hydrogen-bond donors (Lipinski definition) is 1. The Morgan fingerprint density at radius 2 is 2.06 bits per heavy atom. The van der Waals surface area contributed by atoms with Crippen molar-refractivity contribution in [3.05, 3.63) is 22.7 Å². The molecule has 5 heteroatoms. The van der Waals surface area contributed by atoms with Gasteiger partial charge in [0.15, 0.2) is 11.5 Å². The van der Waals surface area contributed by atoms with Gasteiger partial charge in [-0.25, -0.2) is 5.90 Å². The normalized spacial score (nSPS) is 10.6. The highest BCUT2D eigenvalue weighted by Gasteiger charge is 2.15. The van der Waals surface area contributed by atoms with Gasteiger partial charge < -0.3 is 9.47 Å². The van der Waals surface area contributed by atoms with Crippen LogP contribution in [0.1, 0.15) is 19.4 Å². The van der Waals surface area contributed by atoms with Crippen LogP contribution < -0.4 is 15.4 Å². The monoisotopic (exact) mass is 245 g/mol. The molecule has 4 nitrogen and oxygen atoms in total. The third-order valence-corrected chi connectivity index (χ3v) is 2.32. The summed E-state index contributed by atoms with van der Waals surface area (Å²) in [6.45, 7) is 4.03. The summed E-state index contributed by atoms with van der Waals surface area (Å²) in [4.78, 5) is 4.61. The summed E-state index contributed by atoms with van der Waals surface area (Å²) in [5.41, 5.74) is 0.692.